The number of thiocarbonyl (C=S) groups is 1. The summed E-state index contributed by atoms with van der Waals surface area (Å²) in [6.07, 6.45) is 3.06. The van der Waals surface area contributed by atoms with Crippen LogP contribution >= 0.6 is 23.8 Å². The Kier molecular flexibility index (Phi) is 5.38. The third-order valence-corrected chi connectivity index (χ3v) is 5.03. The van der Waals surface area contributed by atoms with E-state index in [4.69, 9.17) is 28.6 Å². The molecule has 6 nitrogen and oxygen atoms in total. The van der Waals surface area contributed by atoms with Crippen molar-refractivity contribution in [2.45, 2.75) is 25.7 Å². The molecule has 0 saturated carbocycles. The second-order valence-corrected chi connectivity index (χ2v) is 6.70. The van der Waals surface area contributed by atoms with Gasteiger partial charge in [0.15, 0.2) is 11.7 Å². The molecule has 8 heteroatoms. The Hall–Kier alpha value is -2.25. The summed E-state index contributed by atoms with van der Waals surface area (Å²) >= 11 is 11.3. The molecule has 1 aliphatic carbocycles. The van der Waals surface area contributed by atoms with E-state index < -0.39 is 5.97 Å². The maximum atomic E-state index is 12.7. The number of methoxy groups -OCH3 is 1. The third-order valence-electron chi connectivity index (χ3n) is 4.37. The van der Waals surface area contributed by atoms with E-state index in [0.29, 0.717) is 40.3 Å². The average molecular weight is 394 g/mol. The predicted molar refractivity (Wildman–Crippen MR) is 99.1 cm³/mol. The van der Waals surface area contributed by atoms with Gasteiger partial charge in [-0.1, -0.05) is 11.6 Å². The molecular weight excluding hydrogens is 378 g/mol. The molecule has 0 N–H and O–H groups in total. The summed E-state index contributed by atoms with van der Waals surface area (Å²) in [6.45, 7) is -0.354. The highest BCUT2D eigenvalue weighted by Gasteiger charge is 2.39. The van der Waals surface area contributed by atoms with Gasteiger partial charge in [-0.05, 0) is 56.1 Å². The number of nitrogens with zero attached hydrogens (tertiary/aromatic N) is 1. The maximum Gasteiger partial charge on any atom is 0.343 e. The number of imide groups is 1. The molecule has 1 aliphatic heterocycles. The molecule has 2 aliphatic rings. The highest BCUT2D eigenvalue weighted by atomic mass is 35.5. The first-order chi connectivity index (χ1) is 12.4. The number of carbonyl (C=O) groups excluding carboxylic acids is 3. The topological polar surface area (TPSA) is 72.9 Å². The summed E-state index contributed by atoms with van der Waals surface area (Å²) in [5, 5.41) is 0.277. The van der Waals surface area contributed by atoms with Gasteiger partial charge in [-0.3, -0.25) is 9.59 Å². The van der Waals surface area contributed by atoms with Crippen molar-refractivity contribution in [2.75, 3.05) is 18.6 Å². The molecular formula is C18H16ClNO5S. The Morgan fingerprint density at radius 1 is 1.19 bits per heavy atom. The zero-order chi connectivity index (χ0) is 18.8. The van der Waals surface area contributed by atoms with Crippen molar-refractivity contribution in [2.24, 2.45) is 0 Å². The smallest absolute Gasteiger partial charge is 0.343 e. The van der Waals surface area contributed by atoms with Crippen LogP contribution in [0.15, 0.2) is 29.3 Å². The van der Waals surface area contributed by atoms with E-state index >= 15 is 0 Å². The lowest BCUT2D eigenvalue weighted by molar-refractivity contribution is -0.143. The van der Waals surface area contributed by atoms with E-state index in [0.717, 1.165) is 17.7 Å². The van der Waals surface area contributed by atoms with E-state index in [1.54, 1.807) is 6.07 Å². The molecule has 0 unspecified atom stereocenters. The van der Waals surface area contributed by atoms with Gasteiger partial charge in [-0.2, -0.15) is 0 Å². The molecule has 0 spiro atoms. The lowest BCUT2D eigenvalue weighted by atomic mass is 9.93. The summed E-state index contributed by atoms with van der Waals surface area (Å²) in [7, 11) is 1.24. The first kappa shape index (κ1) is 18.5. The van der Waals surface area contributed by atoms with E-state index in [9.17, 15) is 14.4 Å². The molecule has 0 atom stereocenters. The first-order valence-corrected chi connectivity index (χ1v) is 8.87. The first-order valence-electron chi connectivity index (χ1n) is 8.08. The van der Waals surface area contributed by atoms with Crippen molar-refractivity contribution in [3.05, 3.63) is 39.9 Å². The van der Waals surface area contributed by atoms with Crippen molar-refractivity contribution < 1.29 is 23.9 Å². The van der Waals surface area contributed by atoms with Crippen LogP contribution in [0.2, 0.25) is 5.02 Å². The molecule has 0 aromatic heterocycles. The van der Waals surface area contributed by atoms with Gasteiger partial charge in [0.2, 0.25) is 0 Å². The van der Waals surface area contributed by atoms with Crippen LogP contribution in [-0.4, -0.2) is 36.6 Å². The molecule has 0 bridgehead atoms. The standard InChI is InChI=1S/C18H16ClNO5S/c1-24-15(21)9-25-18(26)13-8-10(6-7-14(13)19)20-16(22)11-4-2-3-5-12(11)17(20)23/h6-8H,2-5,9H2,1H3. The number of halogens is 1. The van der Waals surface area contributed by atoms with E-state index in [1.807, 2.05) is 0 Å². The SMILES string of the molecule is COC(=O)COC(=S)c1cc(N2C(=O)C3=C(CCCC3)C2=O)ccc1Cl. The number of hydrogen-bond donors (Lipinski definition) is 0. The van der Waals surface area contributed by atoms with Crippen LogP contribution in [0.5, 0.6) is 0 Å². The van der Waals surface area contributed by atoms with Crippen molar-refractivity contribution >= 4 is 52.3 Å². The van der Waals surface area contributed by atoms with Gasteiger partial charge in [0.1, 0.15) is 0 Å². The van der Waals surface area contributed by atoms with Crippen LogP contribution in [-0.2, 0) is 23.9 Å². The average Bonchev–Trinajstić information content (AvgIpc) is 2.91. The van der Waals surface area contributed by atoms with Crippen molar-refractivity contribution in [1.82, 2.24) is 0 Å². The molecule has 0 saturated heterocycles. The van der Waals surface area contributed by atoms with E-state index in [2.05, 4.69) is 4.74 Å². The minimum atomic E-state index is -0.582. The molecule has 1 aromatic rings. The lowest BCUT2D eigenvalue weighted by Gasteiger charge is -2.17. The van der Waals surface area contributed by atoms with Gasteiger partial charge in [-0.25, -0.2) is 9.69 Å². The summed E-state index contributed by atoms with van der Waals surface area (Å²) in [5.74, 6) is -1.17. The van der Waals surface area contributed by atoms with Crippen molar-refractivity contribution in [3.63, 3.8) is 0 Å². The molecule has 0 radical (unpaired) electrons. The van der Waals surface area contributed by atoms with Gasteiger partial charge >= 0.3 is 5.97 Å². The molecule has 26 heavy (non-hydrogen) atoms. The van der Waals surface area contributed by atoms with Crippen molar-refractivity contribution in [1.29, 1.82) is 0 Å². The van der Waals surface area contributed by atoms with Crippen LogP contribution in [0.1, 0.15) is 31.2 Å². The summed E-state index contributed by atoms with van der Waals surface area (Å²) < 4.78 is 9.70. The van der Waals surface area contributed by atoms with Crippen LogP contribution in [0.4, 0.5) is 5.69 Å². The molecule has 1 aromatic carbocycles. The largest absolute Gasteiger partial charge is 0.471 e. The Morgan fingerprint density at radius 3 is 2.38 bits per heavy atom. The quantitative estimate of drug-likeness (QED) is 0.445. The number of hydrogen-bond acceptors (Lipinski definition) is 6. The fraction of sp³-hybridized carbons (Fsp3) is 0.333. The zero-order valence-electron chi connectivity index (χ0n) is 14.0. The number of benzene rings is 1. The van der Waals surface area contributed by atoms with Crippen molar-refractivity contribution in [3.8, 4) is 0 Å². The van der Waals surface area contributed by atoms with E-state index in [-0.39, 0.29) is 23.5 Å². The normalized spacial score (nSPS) is 16.6. The van der Waals surface area contributed by atoms with Gasteiger partial charge in [0.25, 0.3) is 11.8 Å². The monoisotopic (exact) mass is 393 g/mol. The number of anilines is 1. The van der Waals surface area contributed by atoms with Gasteiger partial charge in [0.05, 0.1) is 17.8 Å². The molecule has 3 rings (SSSR count). The van der Waals surface area contributed by atoms with Crippen LogP contribution in [0, 0.1) is 0 Å². The summed E-state index contributed by atoms with van der Waals surface area (Å²) in [6, 6.07) is 4.65. The highest BCUT2D eigenvalue weighted by molar-refractivity contribution is 7.80. The van der Waals surface area contributed by atoms with Gasteiger partial charge in [-0.15, -0.1) is 0 Å². The molecule has 1 heterocycles. The summed E-state index contributed by atoms with van der Waals surface area (Å²) in [5.41, 5.74) is 1.90. The molecule has 2 amide bonds. The molecule has 0 fully saturated rings. The van der Waals surface area contributed by atoms with Gasteiger partial charge in [0, 0.05) is 16.7 Å². The van der Waals surface area contributed by atoms with E-state index in [1.165, 1.54) is 19.2 Å². The number of ether oxygens (including phenoxy) is 2. The van der Waals surface area contributed by atoms with Crippen LogP contribution in [0.25, 0.3) is 0 Å². The fourth-order valence-corrected chi connectivity index (χ4v) is 3.53. The Balaban J connectivity index is 1.86. The Bertz CT molecular complexity index is 820. The zero-order valence-corrected chi connectivity index (χ0v) is 15.6. The number of amides is 2. The minimum absolute atomic E-state index is 0.0148. The second kappa shape index (κ2) is 7.55. The highest BCUT2D eigenvalue weighted by Crippen LogP contribution is 2.36. The minimum Gasteiger partial charge on any atom is -0.471 e. The predicted octanol–water partition coefficient (Wildman–Crippen LogP) is 2.95. The Morgan fingerprint density at radius 2 is 1.81 bits per heavy atom. The summed E-state index contributed by atoms with van der Waals surface area (Å²) in [4.78, 5) is 37.7. The second-order valence-electron chi connectivity index (χ2n) is 5.93. The van der Waals surface area contributed by atoms with Crippen LogP contribution in [0.3, 0.4) is 0 Å². The number of esters is 1. The van der Waals surface area contributed by atoms with Crippen LogP contribution < -0.4 is 4.90 Å². The lowest BCUT2D eigenvalue weighted by Crippen LogP contribution is -2.31. The maximum absolute atomic E-state index is 12.7. The number of carbonyl (C=O) groups is 3. The van der Waals surface area contributed by atoms with Gasteiger partial charge < -0.3 is 9.47 Å². The third kappa shape index (κ3) is 3.37. The fourth-order valence-electron chi connectivity index (χ4n) is 3.04. The Labute approximate surface area is 160 Å². The molecule has 136 valence electrons. The number of rotatable bonds is 4.